The van der Waals surface area contributed by atoms with Crippen molar-refractivity contribution in [3.8, 4) is 0 Å². The number of quaternary nitrogens is 1. The van der Waals surface area contributed by atoms with E-state index >= 15 is 0 Å². The fourth-order valence-corrected chi connectivity index (χ4v) is 0.750. The number of nitrogens with one attached hydrogen (secondary N) is 1. The predicted octanol–water partition coefficient (Wildman–Crippen LogP) is -0.489. The van der Waals surface area contributed by atoms with Gasteiger partial charge in [-0.3, -0.25) is 0 Å². The molecule has 1 N–H and O–H groups in total. The van der Waals surface area contributed by atoms with Gasteiger partial charge in [-0.1, -0.05) is 0 Å². The molecule has 0 aromatic carbocycles. The molecule has 0 unspecified atom stereocenters. The topological polar surface area (TPSA) is 223 Å². The Balaban J connectivity index is -0.00000000793. The zero-order valence-corrected chi connectivity index (χ0v) is 20.0. The number of hydrogen-bond acceptors (Lipinski definition) is 0. The summed E-state index contributed by atoms with van der Waals surface area (Å²) in [6.45, 7) is 60.0. The van der Waals surface area contributed by atoms with Gasteiger partial charge in [-0.15, -0.1) is 0 Å². The van der Waals surface area contributed by atoms with E-state index in [9.17, 15) is 0 Å². The van der Waals surface area contributed by atoms with E-state index in [4.69, 9.17) is 51.2 Å². The van der Waals surface area contributed by atoms with Gasteiger partial charge in [0.05, 0.1) is 19.6 Å². The minimum Gasteiger partial charge on any atom is 0 e. The van der Waals surface area contributed by atoms with Gasteiger partial charge in [-0.2, -0.15) is 0 Å². The Kier molecular flexibility index (Phi) is 3860. The molecule has 0 aromatic rings. The quantitative estimate of drug-likeness (QED) is 0.255. The summed E-state index contributed by atoms with van der Waals surface area (Å²) in [7, 11) is 0. The average Bonchev–Trinajstić information content (AvgIpc) is 2.93. The molecule has 0 rings (SSSR count). The summed E-state index contributed by atoms with van der Waals surface area (Å²) in [5.41, 5.74) is 0. The Morgan fingerprint density at radius 3 is 0.375 bits per heavy atom. The molecule has 0 atom stereocenters. The van der Waals surface area contributed by atoms with Crippen molar-refractivity contribution < 1.29 is 107 Å². The first-order chi connectivity index (χ1) is 14.3. The van der Waals surface area contributed by atoms with E-state index < -0.39 is 0 Å². The van der Waals surface area contributed by atoms with Crippen molar-refractivity contribution in [2.45, 2.75) is 20.8 Å². The molecular formula is C17H16Fe3NO11+. The standard InChI is InChI=1S/C6H15N.11CO.3Fe/c1-4-7(5-2)6-3;11*1-2;;;/h4-6H2,1-3H3;;;;;;;;;;;;;;/p+1. The van der Waals surface area contributed by atoms with Gasteiger partial charge in [-0.05, 0) is 20.8 Å². The minimum absolute atomic E-state index is 0. The molecule has 0 heterocycles. The molecule has 0 radical (unpaired) electrons. The van der Waals surface area contributed by atoms with Crippen LogP contribution in [0.15, 0.2) is 0 Å². The third-order valence-corrected chi connectivity index (χ3v) is 1.50. The molecule has 0 saturated carbocycles. The third-order valence-electron chi connectivity index (χ3n) is 1.50. The van der Waals surface area contributed by atoms with Gasteiger partial charge in [0, 0.05) is 51.2 Å². The SMILES string of the molecule is CC[NH+](CC)CC.[C-]#[O+].[C-]#[O+].[C-]#[O+].[C-]#[O+].[C-]#[O+].[C-]#[O+].[C-]#[O+].[C-]#[O+].[C-]#[O+].[C-]#[O+].[C-]#[O+].[Fe].[Fe].[Fe]. The van der Waals surface area contributed by atoms with Crippen LogP contribution in [0.1, 0.15) is 20.8 Å². The van der Waals surface area contributed by atoms with Crippen LogP contribution >= 0.6 is 0 Å². The summed E-state index contributed by atoms with van der Waals surface area (Å²) in [4.78, 5) is 1.68. The Morgan fingerprint density at radius 1 is 0.312 bits per heavy atom. The van der Waals surface area contributed by atoms with E-state index in [1.165, 1.54) is 19.6 Å². The second kappa shape index (κ2) is 1120. The molecule has 0 spiro atoms. The van der Waals surface area contributed by atoms with Crippen LogP contribution in [0.4, 0.5) is 0 Å². The monoisotopic (exact) mass is 578 g/mol. The molecule has 12 nitrogen and oxygen atoms in total. The summed E-state index contributed by atoms with van der Waals surface area (Å²) in [6, 6.07) is 0. The Bertz CT molecular complexity index is 284. The third kappa shape index (κ3) is 1010. The molecule has 0 bridgehead atoms. The average molecular weight is 578 g/mol. The molecule has 178 valence electrons. The fraction of sp³-hybridized carbons (Fsp3) is 0.353. The van der Waals surface area contributed by atoms with Crippen LogP contribution in [0.3, 0.4) is 0 Å². The molecular weight excluding hydrogens is 562 g/mol. The van der Waals surface area contributed by atoms with Crippen molar-refractivity contribution in [3.63, 3.8) is 0 Å². The summed E-state index contributed by atoms with van der Waals surface area (Å²) in [6.07, 6.45) is 0. The number of hydrogen-bond donors (Lipinski definition) is 1. The Hall–Kier alpha value is -1.34. The normalized spacial score (nSPS) is 2.94. The van der Waals surface area contributed by atoms with Crippen LogP contribution in [0.25, 0.3) is 0 Å². The largest absolute Gasteiger partial charge is 0 e. The summed E-state index contributed by atoms with van der Waals surface area (Å²) >= 11 is 0. The van der Waals surface area contributed by atoms with Crippen molar-refractivity contribution in [2.75, 3.05) is 19.6 Å². The van der Waals surface area contributed by atoms with E-state index in [-0.39, 0.29) is 51.2 Å². The van der Waals surface area contributed by atoms with Crippen LogP contribution in [0.5, 0.6) is 0 Å². The summed E-state index contributed by atoms with van der Waals surface area (Å²) in [5, 5.41) is 0. The molecule has 0 fully saturated rings. The summed E-state index contributed by atoms with van der Waals surface area (Å²) < 4.78 is 82.5. The zero-order valence-electron chi connectivity index (χ0n) is 16.7. The predicted molar refractivity (Wildman–Crippen MR) is 75.8 cm³/mol. The van der Waals surface area contributed by atoms with E-state index in [1.54, 1.807) is 4.90 Å². The van der Waals surface area contributed by atoms with Crippen LogP contribution in [-0.4, -0.2) is 19.6 Å². The van der Waals surface area contributed by atoms with Gasteiger partial charge < -0.3 is 4.90 Å². The molecule has 0 aromatic heterocycles. The van der Waals surface area contributed by atoms with Crippen LogP contribution < -0.4 is 4.90 Å². The Labute approximate surface area is 220 Å². The minimum atomic E-state index is 0. The molecule has 0 aliphatic rings. The van der Waals surface area contributed by atoms with Crippen LogP contribution in [0.2, 0.25) is 0 Å². The molecule has 0 saturated heterocycles. The second-order valence-corrected chi connectivity index (χ2v) is 1.81. The van der Waals surface area contributed by atoms with Crippen molar-refractivity contribution in [3.05, 3.63) is 73.2 Å². The first kappa shape index (κ1) is 110. The van der Waals surface area contributed by atoms with Gasteiger partial charge in [0.1, 0.15) is 0 Å². The van der Waals surface area contributed by atoms with E-state index in [0.717, 1.165) is 0 Å². The number of rotatable bonds is 3. The van der Waals surface area contributed by atoms with Crippen LogP contribution in [-0.2, 0) is 102 Å². The van der Waals surface area contributed by atoms with Gasteiger partial charge in [-0.25, -0.2) is 0 Å². The summed E-state index contributed by atoms with van der Waals surface area (Å²) in [5.74, 6) is 0. The fourth-order valence-electron chi connectivity index (χ4n) is 0.750. The van der Waals surface area contributed by atoms with Crippen molar-refractivity contribution in [1.82, 2.24) is 0 Å². The first-order valence-electron chi connectivity index (χ1n) is 5.43. The smallest absolute Gasteiger partial charge is 0 e. The van der Waals surface area contributed by atoms with Crippen molar-refractivity contribution in [2.24, 2.45) is 0 Å². The second-order valence-electron chi connectivity index (χ2n) is 1.81. The maximum Gasteiger partial charge on any atom is 0 e. The van der Waals surface area contributed by atoms with Crippen molar-refractivity contribution >= 4 is 0 Å². The first-order valence-corrected chi connectivity index (χ1v) is 5.43. The van der Waals surface area contributed by atoms with E-state index in [1.807, 2.05) is 0 Å². The van der Waals surface area contributed by atoms with Crippen molar-refractivity contribution in [1.29, 1.82) is 0 Å². The molecule has 0 aliphatic carbocycles. The molecule has 0 amide bonds. The van der Waals surface area contributed by atoms with Gasteiger partial charge in [0.25, 0.3) is 0 Å². The maximum absolute atomic E-state index is 7.50. The molecule has 0 aliphatic heterocycles. The van der Waals surface area contributed by atoms with Gasteiger partial charge in [0.15, 0.2) is 0 Å². The maximum atomic E-state index is 7.50. The zero-order chi connectivity index (χ0) is 27.7. The van der Waals surface area contributed by atoms with E-state index in [0.29, 0.717) is 0 Å². The molecule has 15 heteroatoms. The molecule has 32 heavy (non-hydrogen) atoms. The van der Waals surface area contributed by atoms with Gasteiger partial charge >= 0.3 is 124 Å². The van der Waals surface area contributed by atoms with Gasteiger partial charge in [0.2, 0.25) is 0 Å². The van der Waals surface area contributed by atoms with Crippen LogP contribution in [0, 0.1) is 73.2 Å². The van der Waals surface area contributed by atoms with E-state index in [2.05, 4.69) is 93.9 Å². The Morgan fingerprint density at radius 2 is 0.375 bits per heavy atom.